The fraction of sp³-hybridized carbons (Fsp3) is 0.286. The summed E-state index contributed by atoms with van der Waals surface area (Å²) < 4.78 is 38.4. The number of esters is 2. The molecule has 0 aliphatic heterocycles. The number of methoxy groups -OCH3 is 2. The molecule has 23 heavy (non-hydrogen) atoms. The molecule has 1 N–H and O–H groups in total. The number of carbonyl (C=O) groups is 2. The summed E-state index contributed by atoms with van der Waals surface area (Å²) in [5, 5.41) is 2.82. The van der Waals surface area contributed by atoms with E-state index in [4.69, 9.17) is 16.3 Å². The number of hydrogen-bond donors (Lipinski definition) is 1. The Labute approximate surface area is 136 Å². The first-order chi connectivity index (χ1) is 10.9. The molecule has 0 atom stereocenters. The summed E-state index contributed by atoms with van der Waals surface area (Å²) in [5.41, 5.74) is -0.165. The van der Waals surface area contributed by atoms with E-state index in [1.54, 1.807) is 0 Å². The number of nitrogens with one attached hydrogen (secondary N) is 1. The summed E-state index contributed by atoms with van der Waals surface area (Å²) in [6.07, 6.45) is -1.83. The van der Waals surface area contributed by atoms with E-state index >= 15 is 0 Å². The van der Waals surface area contributed by atoms with Crippen LogP contribution in [0.5, 0.6) is 5.75 Å². The predicted octanol–water partition coefficient (Wildman–Crippen LogP) is 2.63. The van der Waals surface area contributed by atoms with Crippen molar-refractivity contribution >= 4 is 29.2 Å². The maximum Gasteiger partial charge on any atom is 0.354 e. The maximum absolute atomic E-state index is 12.3. The van der Waals surface area contributed by atoms with Crippen molar-refractivity contribution < 1.29 is 32.6 Å². The number of anilines is 1. The quantitative estimate of drug-likeness (QED) is 0.602. The highest BCUT2D eigenvalue weighted by Gasteiger charge is 2.16. The van der Waals surface area contributed by atoms with Gasteiger partial charge in [-0.15, -0.1) is 0 Å². The molecule has 0 saturated carbocycles. The minimum absolute atomic E-state index is 0.0226. The predicted molar refractivity (Wildman–Crippen MR) is 78.7 cm³/mol. The minimum Gasteiger partial charge on any atom is -0.485 e. The Morgan fingerprint density at radius 2 is 2.00 bits per heavy atom. The molecule has 0 fully saturated rings. The molecule has 0 aliphatic rings. The van der Waals surface area contributed by atoms with Crippen molar-refractivity contribution in [1.29, 1.82) is 0 Å². The second-order valence-corrected chi connectivity index (χ2v) is 4.48. The van der Waals surface area contributed by atoms with Gasteiger partial charge in [-0.1, -0.05) is 11.6 Å². The second kappa shape index (κ2) is 8.94. The molecule has 126 valence electrons. The van der Waals surface area contributed by atoms with Crippen molar-refractivity contribution in [2.45, 2.75) is 6.43 Å². The normalized spacial score (nSPS) is 11.1. The van der Waals surface area contributed by atoms with Crippen LogP contribution in [-0.2, 0) is 19.1 Å². The van der Waals surface area contributed by atoms with Gasteiger partial charge in [0, 0.05) is 5.02 Å². The number of alkyl halides is 2. The van der Waals surface area contributed by atoms with Gasteiger partial charge in [0.05, 0.1) is 26.0 Å². The summed E-state index contributed by atoms with van der Waals surface area (Å²) in [7, 11) is 2.24. The molecular weight excluding hydrogens is 336 g/mol. The van der Waals surface area contributed by atoms with Crippen LogP contribution < -0.4 is 10.1 Å². The summed E-state index contributed by atoms with van der Waals surface area (Å²) >= 11 is 5.84. The lowest BCUT2D eigenvalue weighted by Crippen LogP contribution is -2.16. The van der Waals surface area contributed by atoms with E-state index in [9.17, 15) is 18.4 Å². The lowest BCUT2D eigenvalue weighted by molar-refractivity contribution is -0.138. The summed E-state index contributed by atoms with van der Waals surface area (Å²) in [4.78, 5) is 23.0. The zero-order chi connectivity index (χ0) is 17.4. The van der Waals surface area contributed by atoms with Crippen LogP contribution in [0.1, 0.15) is 0 Å². The van der Waals surface area contributed by atoms with Gasteiger partial charge < -0.3 is 19.5 Å². The van der Waals surface area contributed by atoms with Crippen LogP contribution in [0.2, 0.25) is 5.02 Å². The minimum atomic E-state index is -2.68. The van der Waals surface area contributed by atoms with Crippen molar-refractivity contribution in [2.75, 3.05) is 26.1 Å². The van der Waals surface area contributed by atoms with E-state index in [2.05, 4.69) is 14.8 Å². The van der Waals surface area contributed by atoms with E-state index in [0.717, 1.165) is 20.3 Å². The van der Waals surface area contributed by atoms with Gasteiger partial charge in [-0.3, -0.25) is 0 Å². The van der Waals surface area contributed by atoms with Crippen LogP contribution in [0.25, 0.3) is 0 Å². The average Bonchev–Trinajstić information content (AvgIpc) is 2.52. The number of carbonyl (C=O) groups excluding carboxylic acids is 2. The molecule has 0 heterocycles. The van der Waals surface area contributed by atoms with Gasteiger partial charge in [0.1, 0.15) is 18.1 Å². The Morgan fingerprint density at radius 3 is 2.57 bits per heavy atom. The van der Waals surface area contributed by atoms with Crippen molar-refractivity contribution in [3.63, 3.8) is 0 Å². The summed E-state index contributed by atoms with van der Waals surface area (Å²) in [6.45, 7) is -0.843. The topological polar surface area (TPSA) is 73.9 Å². The Kier molecular flexibility index (Phi) is 7.27. The molecule has 0 saturated heterocycles. The van der Waals surface area contributed by atoms with Crippen LogP contribution in [0.4, 0.5) is 14.5 Å². The molecule has 0 spiro atoms. The van der Waals surface area contributed by atoms with E-state index in [0.29, 0.717) is 0 Å². The molecule has 0 aromatic heterocycles. The van der Waals surface area contributed by atoms with Crippen molar-refractivity contribution in [1.82, 2.24) is 0 Å². The van der Waals surface area contributed by atoms with Crippen LogP contribution in [0.15, 0.2) is 30.0 Å². The largest absolute Gasteiger partial charge is 0.485 e. The van der Waals surface area contributed by atoms with Gasteiger partial charge >= 0.3 is 11.9 Å². The number of hydrogen-bond acceptors (Lipinski definition) is 6. The number of rotatable bonds is 7. The first-order valence-corrected chi connectivity index (χ1v) is 6.60. The molecule has 6 nitrogen and oxygen atoms in total. The van der Waals surface area contributed by atoms with Gasteiger partial charge in [0.25, 0.3) is 6.43 Å². The molecule has 1 aromatic rings. The van der Waals surface area contributed by atoms with Crippen molar-refractivity contribution in [3.05, 3.63) is 35.0 Å². The first-order valence-electron chi connectivity index (χ1n) is 6.22. The lowest BCUT2D eigenvalue weighted by atomic mass is 10.2. The molecular formula is C14H14ClF2NO5. The molecule has 1 rings (SSSR count). The number of halogens is 3. The Hall–Kier alpha value is -2.35. The van der Waals surface area contributed by atoms with Crippen LogP contribution in [0, 0.1) is 0 Å². The zero-order valence-corrected chi connectivity index (χ0v) is 13.0. The average molecular weight is 350 g/mol. The second-order valence-electron chi connectivity index (χ2n) is 4.04. The highest BCUT2D eigenvalue weighted by Crippen LogP contribution is 2.29. The third-order valence-corrected chi connectivity index (χ3v) is 2.68. The molecule has 0 unspecified atom stereocenters. The molecule has 0 radical (unpaired) electrons. The van der Waals surface area contributed by atoms with E-state index in [-0.39, 0.29) is 22.2 Å². The van der Waals surface area contributed by atoms with Crippen LogP contribution in [0.3, 0.4) is 0 Å². The monoisotopic (exact) mass is 349 g/mol. The standard InChI is InChI=1S/C14H14ClF2NO5/c1-21-13(19)6-10(14(20)22-2)18-9-5-8(15)3-4-11(9)23-7-12(16)17/h3-6,12,18H,7H2,1-2H3/b10-6+. The van der Waals surface area contributed by atoms with Gasteiger partial charge in [-0.05, 0) is 18.2 Å². The van der Waals surface area contributed by atoms with E-state index < -0.39 is 25.0 Å². The molecule has 1 aromatic carbocycles. The SMILES string of the molecule is COC(=O)/C=C(/Nc1cc(Cl)ccc1OCC(F)F)C(=O)OC. The van der Waals surface area contributed by atoms with Crippen LogP contribution >= 0.6 is 11.6 Å². The molecule has 0 bridgehead atoms. The van der Waals surface area contributed by atoms with Crippen molar-refractivity contribution in [3.8, 4) is 5.75 Å². The number of benzene rings is 1. The zero-order valence-electron chi connectivity index (χ0n) is 12.3. The molecule has 9 heteroatoms. The Balaban J connectivity index is 3.11. The summed E-state index contributed by atoms with van der Waals surface area (Å²) in [5.74, 6) is -1.65. The van der Waals surface area contributed by atoms with E-state index in [1.165, 1.54) is 18.2 Å². The van der Waals surface area contributed by atoms with Crippen molar-refractivity contribution in [2.24, 2.45) is 0 Å². The third-order valence-electron chi connectivity index (χ3n) is 2.44. The van der Waals surface area contributed by atoms with Crippen LogP contribution in [-0.4, -0.2) is 39.2 Å². The Morgan fingerprint density at radius 1 is 1.30 bits per heavy atom. The van der Waals surface area contributed by atoms with Gasteiger partial charge in [-0.25, -0.2) is 18.4 Å². The molecule has 0 amide bonds. The third kappa shape index (κ3) is 6.11. The summed E-state index contributed by atoms with van der Waals surface area (Å²) in [6, 6.07) is 4.12. The lowest BCUT2D eigenvalue weighted by Gasteiger charge is -2.14. The first kappa shape index (κ1) is 18.7. The number of ether oxygens (including phenoxy) is 3. The molecule has 0 aliphatic carbocycles. The fourth-order valence-corrected chi connectivity index (χ4v) is 1.63. The highest BCUT2D eigenvalue weighted by molar-refractivity contribution is 6.31. The fourth-order valence-electron chi connectivity index (χ4n) is 1.46. The highest BCUT2D eigenvalue weighted by atomic mass is 35.5. The smallest absolute Gasteiger partial charge is 0.354 e. The van der Waals surface area contributed by atoms with Gasteiger partial charge in [0.15, 0.2) is 0 Å². The Bertz CT molecular complexity index is 607. The van der Waals surface area contributed by atoms with Gasteiger partial charge in [-0.2, -0.15) is 0 Å². The maximum atomic E-state index is 12.3. The van der Waals surface area contributed by atoms with E-state index in [1.807, 2.05) is 0 Å². The van der Waals surface area contributed by atoms with Gasteiger partial charge in [0.2, 0.25) is 0 Å².